The fourth-order valence-electron chi connectivity index (χ4n) is 2.85. The zero-order valence-electron chi connectivity index (χ0n) is 16.5. The molecule has 0 radical (unpaired) electrons. The number of halogens is 1. The number of fused-ring (bicyclic) bond motifs is 1. The van der Waals surface area contributed by atoms with Crippen molar-refractivity contribution in [2.45, 2.75) is 31.1 Å². The average molecular weight is 418 g/mol. The third-order valence-electron chi connectivity index (χ3n) is 4.51. The first kappa shape index (κ1) is 20.9. The van der Waals surface area contributed by atoms with Crippen LogP contribution >= 0.6 is 0 Å². The summed E-state index contributed by atoms with van der Waals surface area (Å²) in [6.07, 6.45) is 2.96. The van der Waals surface area contributed by atoms with E-state index in [4.69, 9.17) is 0 Å². The van der Waals surface area contributed by atoms with Crippen LogP contribution in [0.25, 0.3) is 11.0 Å². The minimum absolute atomic E-state index is 0.0418. The number of nitrogens with zero attached hydrogens (tertiary/aromatic N) is 2. The van der Waals surface area contributed by atoms with Gasteiger partial charge >= 0.3 is 0 Å². The molecule has 0 atom stereocenters. The van der Waals surface area contributed by atoms with Crippen molar-refractivity contribution in [3.05, 3.63) is 53.6 Å². The Balaban J connectivity index is 1.85. The molecule has 0 aliphatic carbocycles. The number of aromatic nitrogens is 2. The molecule has 154 valence electrons. The SMILES string of the molecule is CCCCc1nc2ccc(NC(=O)c3ccc(F)c(S(=O)(=O)N(C)C)c3)cc2[nH]1. The number of nitrogens with one attached hydrogen (secondary N) is 2. The first-order valence-electron chi connectivity index (χ1n) is 9.24. The van der Waals surface area contributed by atoms with Gasteiger partial charge in [0.15, 0.2) is 0 Å². The van der Waals surface area contributed by atoms with Crippen molar-refractivity contribution in [3.8, 4) is 0 Å². The lowest BCUT2D eigenvalue weighted by atomic mass is 10.2. The van der Waals surface area contributed by atoms with E-state index in [1.54, 1.807) is 18.2 Å². The molecule has 7 nitrogen and oxygen atoms in total. The van der Waals surface area contributed by atoms with Crippen molar-refractivity contribution in [3.63, 3.8) is 0 Å². The van der Waals surface area contributed by atoms with Crippen LogP contribution in [0.4, 0.5) is 10.1 Å². The maximum absolute atomic E-state index is 14.0. The van der Waals surface area contributed by atoms with Crippen molar-refractivity contribution in [2.24, 2.45) is 0 Å². The van der Waals surface area contributed by atoms with E-state index in [9.17, 15) is 17.6 Å². The molecule has 1 aromatic heterocycles. The molecule has 0 fully saturated rings. The summed E-state index contributed by atoms with van der Waals surface area (Å²) < 4.78 is 39.4. The normalized spacial score (nSPS) is 11.9. The van der Waals surface area contributed by atoms with Gasteiger partial charge in [-0.05, 0) is 42.8 Å². The highest BCUT2D eigenvalue weighted by Crippen LogP contribution is 2.22. The lowest BCUT2D eigenvalue weighted by Crippen LogP contribution is -2.24. The number of imidazole rings is 1. The summed E-state index contributed by atoms with van der Waals surface area (Å²) >= 11 is 0. The zero-order chi connectivity index (χ0) is 21.2. The molecule has 0 bridgehead atoms. The molecule has 2 aromatic carbocycles. The van der Waals surface area contributed by atoms with Crippen molar-refractivity contribution in [2.75, 3.05) is 19.4 Å². The second-order valence-electron chi connectivity index (χ2n) is 6.91. The van der Waals surface area contributed by atoms with Gasteiger partial charge in [-0.3, -0.25) is 4.79 Å². The highest BCUT2D eigenvalue weighted by molar-refractivity contribution is 7.89. The number of anilines is 1. The van der Waals surface area contributed by atoms with Crippen LogP contribution in [0.15, 0.2) is 41.3 Å². The molecule has 0 aliphatic heterocycles. The minimum atomic E-state index is -4.01. The van der Waals surface area contributed by atoms with Crippen molar-refractivity contribution in [1.82, 2.24) is 14.3 Å². The van der Waals surface area contributed by atoms with Crippen molar-refractivity contribution in [1.29, 1.82) is 0 Å². The third-order valence-corrected chi connectivity index (χ3v) is 6.34. The van der Waals surface area contributed by atoms with E-state index in [0.29, 0.717) is 5.69 Å². The number of hydrogen-bond donors (Lipinski definition) is 2. The predicted octanol–water partition coefficient (Wildman–Crippen LogP) is 3.55. The van der Waals surface area contributed by atoms with E-state index >= 15 is 0 Å². The number of benzene rings is 2. The Hall–Kier alpha value is -2.78. The van der Waals surface area contributed by atoms with Gasteiger partial charge in [-0.25, -0.2) is 22.1 Å². The molecule has 0 spiro atoms. The Morgan fingerprint density at radius 3 is 2.66 bits per heavy atom. The molecule has 3 rings (SSSR count). The van der Waals surface area contributed by atoms with Gasteiger partial charge in [-0.2, -0.15) is 0 Å². The molecule has 3 aromatic rings. The summed E-state index contributed by atoms with van der Waals surface area (Å²) in [7, 11) is -1.40. The number of aryl methyl sites for hydroxylation is 1. The van der Waals surface area contributed by atoms with Crippen LogP contribution in [0.5, 0.6) is 0 Å². The lowest BCUT2D eigenvalue weighted by molar-refractivity contribution is 0.102. The van der Waals surface area contributed by atoms with Crippen LogP contribution < -0.4 is 5.32 Å². The highest BCUT2D eigenvalue weighted by atomic mass is 32.2. The topological polar surface area (TPSA) is 95.2 Å². The number of carbonyl (C=O) groups is 1. The first-order valence-corrected chi connectivity index (χ1v) is 10.7. The summed E-state index contributed by atoms with van der Waals surface area (Å²) in [5, 5.41) is 2.71. The Labute approximate surface area is 169 Å². The van der Waals surface area contributed by atoms with Gasteiger partial charge < -0.3 is 10.3 Å². The Bertz CT molecular complexity index is 1160. The highest BCUT2D eigenvalue weighted by Gasteiger charge is 2.23. The van der Waals surface area contributed by atoms with Gasteiger partial charge in [0.2, 0.25) is 10.0 Å². The van der Waals surface area contributed by atoms with Gasteiger partial charge in [0.25, 0.3) is 5.91 Å². The molecule has 9 heteroatoms. The molecular weight excluding hydrogens is 395 g/mol. The Kier molecular flexibility index (Phi) is 5.99. The average Bonchev–Trinajstić information content (AvgIpc) is 3.08. The number of hydrogen-bond acceptors (Lipinski definition) is 4. The van der Waals surface area contributed by atoms with E-state index in [1.165, 1.54) is 20.2 Å². The van der Waals surface area contributed by atoms with Gasteiger partial charge in [0.05, 0.1) is 11.0 Å². The van der Waals surface area contributed by atoms with Crippen LogP contribution in [0.1, 0.15) is 35.9 Å². The summed E-state index contributed by atoms with van der Waals surface area (Å²) in [5.41, 5.74) is 2.16. The van der Waals surface area contributed by atoms with Crippen molar-refractivity contribution >= 4 is 32.7 Å². The number of H-pyrrole nitrogens is 1. The predicted molar refractivity (Wildman–Crippen MR) is 110 cm³/mol. The number of rotatable bonds is 7. The van der Waals surface area contributed by atoms with E-state index in [0.717, 1.165) is 52.6 Å². The molecule has 0 saturated heterocycles. The summed E-state index contributed by atoms with van der Waals surface area (Å²) in [5.74, 6) is -0.554. The number of amides is 1. The Morgan fingerprint density at radius 2 is 1.97 bits per heavy atom. The number of unbranched alkanes of at least 4 members (excludes halogenated alkanes) is 1. The van der Waals surface area contributed by atoms with Crippen LogP contribution in [-0.2, 0) is 16.4 Å². The summed E-state index contributed by atoms with van der Waals surface area (Å²) in [6, 6.07) is 8.53. The Morgan fingerprint density at radius 1 is 1.21 bits per heavy atom. The molecular formula is C20H23FN4O3S. The second-order valence-corrected chi connectivity index (χ2v) is 9.03. The summed E-state index contributed by atoms with van der Waals surface area (Å²) in [6.45, 7) is 2.11. The molecule has 0 aliphatic rings. The largest absolute Gasteiger partial charge is 0.342 e. The van der Waals surface area contributed by atoms with Gasteiger partial charge in [-0.1, -0.05) is 13.3 Å². The fraction of sp³-hybridized carbons (Fsp3) is 0.300. The minimum Gasteiger partial charge on any atom is -0.342 e. The standard InChI is InChI=1S/C20H23FN4O3S/c1-4-5-6-19-23-16-10-8-14(12-17(16)24-19)22-20(26)13-7-9-15(21)18(11-13)29(27,28)25(2)3/h7-12H,4-6H2,1-3H3,(H,22,26)(H,23,24). The molecule has 1 heterocycles. The maximum Gasteiger partial charge on any atom is 0.255 e. The van der Waals surface area contributed by atoms with Gasteiger partial charge in [0, 0.05) is 31.8 Å². The molecule has 2 N–H and O–H groups in total. The number of carbonyl (C=O) groups excluding carboxylic acids is 1. The van der Waals surface area contributed by atoms with E-state index in [1.807, 2.05) is 0 Å². The van der Waals surface area contributed by atoms with E-state index in [2.05, 4.69) is 22.2 Å². The van der Waals surface area contributed by atoms with Crippen LogP contribution in [0.3, 0.4) is 0 Å². The van der Waals surface area contributed by atoms with Gasteiger partial charge in [0.1, 0.15) is 16.5 Å². The smallest absolute Gasteiger partial charge is 0.255 e. The van der Waals surface area contributed by atoms with Crippen LogP contribution in [0, 0.1) is 5.82 Å². The van der Waals surface area contributed by atoms with E-state index in [-0.39, 0.29) is 5.56 Å². The number of aromatic amines is 1. The molecule has 0 unspecified atom stereocenters. The zero-order valence-corrected chi connectivity index (χ0v) is 17.3. The van der Waals surface area contributed by atoms with Crippen LogP contribution in [0.2, 0.25) is 0 Å². The monoisotopic (exact) mass is 418 g/mol. The van der Waals surface area contributed by atoms with E-state index < -0.39 is 26.6 Å². The molecule has 29 heavy (non-hydrogen) atoms. The van der Waals surface area contributed by atoms with Gasteiger partial charge in [-0.15, -0.1) is 0 Å². The maximum atomic E-state index is 14.0. The lowest BCUT2D eigenvalue weighted by Gasteiger charge is -2.13. The third kappa shape index (κ3) is 4.46. The van der Waals surface area contributed by atoms with Crippen LogP contribution in [-0.4, -0.2) is 42.7 Å². The quantitative estimate of drug-likeness (QED) is 0.613. The fourth-order valence-corrected chi connectivity index (χ4v) is 3.83. The molecule has 1 amide bonds. The molecule has 0 saturated carbocycles. The number of sulfonamides is 1. The van der Waals surface area contributed by atoms with Crippen molar-refractivity contribution < 1.29 is 17.6 Å². The first-order chi connectivity index (χ1) is 13.7. The second kappa shape index (κ2) is 8.30. The summed E-state index contributed by atoms with van der Waals surface area (Å²) in [4.78, 5) is 19.8.